The van der Waals surface area contributed by atoms with Crippen molar-refractivity contribution in [2.24, 2.45) is 0 Å². The molecule has 2 atom stereocenters. The zero-order valence-electron chi connectivity index (χ0n) is 13.6. The van der Waals surface area contributed by atoms with E-state index in [1.807, 2.05) is 6.92 Å². The quantitative estimate of drug-likeness (QED) is 0.883. The third-order valence-corrected chi connectivity index (χ3v) is 4.17. The van der Waals surface area contributed by atoms with Gasteiger partial charge in [0.05, 0.1) is 23.9 Å². The SMILES string of the molecule is C[C@@H](NC(=O)CCc1ncc(-c2ccccc2F)o1)[C@H]1CCCO1. The zero-order chi connectivity index (χ0) is 16.9. The number of carbonyl (C=O) groups excluding carboxylic acids is 1. The average molecular weight is 332 g/mol. The predicted octanol–water partition coefficient (Wildman–Crippen LogP) is 3.10. The first kappa shape index (κ1) is 16.6. The van der Waals surface area contributed by atoms with Crippen LogP contribution in [0.15, 0.2) is 34.9 Å². The van der Waals surface area contributed by atoms with E-state index in [0.717, 1.165) is 19.4 Å². The number of halogens is 1. The highest BCUT2D eigenvalue weighted by molar-refractivity contribution is 5.76. The van der Waals surface area contributed by atoms with E-state index in [1.165, 1.54) is 12.3 Å². The summed E-state index contributed by atoms with van der Waals surface area (Å²) in [5.74, 6) is 0.372. The number of rotatable bonds is 6. The van der Waals surface area contributed by atoms with Gasteiger partial charge >= 0.3 is 0 Å². The lowest BCUT2D eigenvalue weighted by Crippen LogP contribution is -2.40. The molecule has 5 nitrogen and oxygen atoms in total. The van der Waals surface area contributed by atoms with E-state index in [4.69, 9.17) is 9.15 Å². The molecule has 1 aromatic heterocycles. The lowest BCUT2D eigenvalue weighted by Gasteiger charge is -2.19. The molecule has 1 aliphatic rings. The van der Waals surface area contributed by atoms with Gasteiger partial charge in [0, 0.05) is 19.4 Å². The van der Waals surface area contributed by atoms with Crippen molar-refractivity contribution in [1.82, 2.24) is 10.3 Å². The molecule has 1 amide bonds. The van der Waals surface area contributed by atoms with Crippen LogP contribution in [0, 0.1) is 5.82 Å². The smallest absolute Gasteiger partial charge is 0.220 e. The molecule has 2 aromatic rings. The van der Waals surface area contributed by atoms with Gasteiger partial charge in [0.1, 0.15) is 5.82 Å². The molecule has 0 radical (unpaired) electrons. The maximum atomic E-state index is 13.7. The van der Waals surface area contributed by atoms with Crippen LogP contribution < -0.4 is 5.32 Å². The summed E-state index contributed by atoms with van der Waals surface area (Å²) in [4.78, 5) is 16.1. The molecular weight excluding hydrogens is 311 g/mol. The molecule has 1 saturated heterocycles. The Hall–Kier alpha value is -2.21. The highest BCUT2D eigenvalue weighted by Crippen LogP contribution is 2.23. The van der Waals surface area contributed by atoms with Gasteiger partial charge < -0.3 is 14.5 Å². The third kappa shape index (κ3) is 4.00. The second kappa shape index (κ2) is 7.57. The van der Waals surface area contributed by atoms with Crippen LogP contribution in [0.4, 0.5) is 4.39 Å². The van der Waals surface area contributed by atoms with Crippen LogP contribution in [0.2, 0.25) is 0 Å². The van der Waals surface area contributed by atoms with Crippen LogP contribution in [0.1, 0.15) is 32.1 Å². The van der Waals surface area contributed by atoms with Crippen LogP contribution in [0.3, 0.4) is 0 Å². The molecule has 0 unspecified atom stereocenters. The summed E-state index contributed by atoms with van der Waals surface area (Å²) in [6.07, 6.45) is 4.25. The van der Waals surface area contributed by atoms with Crippen molar-refractivity contribution in [3.05, 3.63) is 42.2 Å². The number of hydrogen-bond donors (Lipinski definition) is 1. The average Bonchev–Trinajstić information content (AvgIpc) is 3.25. The number of aryl methyl sites for hydroxylation is 1. The van der Waals surface area contributed by atoms with Gasteiger partial charge in [0.2, 0.25) is 5.91 Å². The van der Waals surface area contributed by atoms with Crippen molar-refractivity contribution in [3.63, 3.8) is 0 Å². The van der Waals surface area contributed by atoms with Crippen molar-refractivity contribution in [2.45, 2.75) is 44.8 Å². The summed E-state index contributed by atoms with van der Waals surface area (Å²) < 4.78 is 24.8. The summed E-state index contributed by atoms with van der Waals surface area (Å²) in [5, 5.41) is 2.95. The molecule has 0 aliphatic carbocycles. The Morgan fingerprint density at radius 2 is 2.29 bits per heavy atom. The Morgan fingerprint density at radius 3 is 3.04 bits per heavy atom. The topological polar surface area (TPSA) is 64.4 Å². The molecule has 0 bridgehead atoms. The number of oxazole rings is 1. The number of amides is 1. The maximum absolute atomic E-state index is 13.7. The minimum absolute atomic E-state index is 0.00136. The molecule has 24 heavy (non-hydrogen) atoms. The molecule has 128 valence electrons. The fourth-order valence-electron chi connectivity index (χ4n) is 2.85. The van der Waals surface area contributed by atoms with Gasteiger partial charge in [0.15, 0.2) is 11.7 Å². The normalized spacial score (nSPS) is 18.5. The highest BCUT2D eigenvalue weighted by atomic mass is 19.1. The van der Waals surface area contributed by atoms with Gasteiger partial charge in [0.25, 0.3) is 0 Å². The minimum Gasteiger partial charge on any atom is -0.441 e. The largest absolute Gasteiger partial charge is 0.441 e. The summed E-state index contributed by atoms with van der Waals surface area (Å²) in [6.45, 7) is 2.72. The molecule has 3 rings (SSSR count). The molecule has 2 heterocycles. The Labute approximate surface area is 140 Å². The van der Waals surface area contributed by atoms with Crippen LogP contribution >= 0.6 is 0 Å². The Kier molecular flexibility index (Phi) is 5.25. The first-order valence-corrected chi connectivity index (χ1v) is 8.24. The second-order valence-corrected chi connectivity index (χ2v) is 6.01. The molecule has 1 aromatic carbocycles. The molecule has 1 N–H and O–H groups in total. The van der Waals surface area contributed by atoms with E-state index in [1.54, 1.807) is 18.2 Å². The van der Waals surface area contributed by atoms with Crippen LogP contribution in [0.5, 0.6) is 0 Å². The second-order valence-electron chi connectivity index (χ2n) is 6.01. The van der Waals surface area contributed by atoms with Crippen molar-refractivity contribution in [3.8, 4) is 11.3 Å². The molecule has 6 heteroatoms. The zero-order valence-corrected chi connectivity index (χ0v) is 13.6. The van der Waals surface area contributed by atoms with E-state index in [0.29, 0.717) is 23.6 Å². The Bertz CT molecular complexity index is 695. The highest BCUT2D eigenvalue weighted by Gasteiger charge is 2.23. The van der Waals surface area contributed by atoms with Gasteiger partial charge in [-0.25, -0.2) is 9.37 Å². The Balaban J connectivity index is 1.52. The first-order chi connectivity index (χ1) is 11.6. The monoisotopic (exact) mass is 332 g/mol. The van der Waals surface area contributed by atoms with Crippen molar-refractivity contribution in [1.29, 1.82) is 0 Å². The lowest BCUT2D eigenvalue weighted by atomic mass is 10.1. The number of nitrogens with one attached hydrogen (secondary N) is 1. The standard InChI is InChI=1S/C18H21FN2O3/c1-12(15-7-4-10-23-15)21-17(22)8-9-18-20-11-16(24-18)13-5-2-3-6-14(13)19/h2-3,5-6,11-12,15H,4,7-10H2,1H3,(H,21,22)/t12-,15-/m1/s1. The van der Waals surface area contributed by atoms with Crippen molar-refractivity contribution >= 4 is 5.91 Å². The van der Waals surface area contributed by atoms with Gasteiger partial charge in [-0.15, -0.1) is 0 Å². The first-order valence-electron chi connectivity index (χ1n) is 8.24. The van der Waals surface area contributed by atoms with E-state index < -0.39 is 0 Å². The molecule has 0 spiro atoms. The molecule has 0 saturated carbocycles. The number of carbonyl (C=O) groups is 1. The van der Waals surface area contributed by atoms with E-state index in [2.05, 4.69) is 10.3 Å². The Morgan fingerprint density at radius 1 is 1.46 bits per heavy atom. The number of nitrogens with zero attached hydrogens (tertiary/aromatic N) is 1. The number of aromatic nitrogens is 1. The number of benzene rings is 1. The number of hydrogen-bond acceptors (Lipinski definition) is 4. The van der Waals surface area contributed by atoms with Crippen molar-refractivity contribution in [2.75, 3.05) is 6.61 Å². The summed E-state index contributed by atoms with van der Waals surface area (Å²) in [6, 6.07) is 6.36. The maximum Gasteiger partial charge on any atom is 0.220 e. The van der Waals surface area contributed by atoms with Crippen LogP contribution in [-0.2, 0) is 16.0 Å². The minimum atomic E-state index is -0.358. The third-order valence-electron chi connectivity index (χ3n) is 4.17. The number of ether oxygens (including phenoxy) is 1. The van der Waals surface area contributed by atoms with Crippen molar-refractivity contribution < 1.29 is 18.3 Å². The molecule has 1 aliphatic heterocycles. The van der Waals surface area contributed by atoms with Gasteiger partial charge in [-0.3, -0.25) is 4.79 Å². The molecule has 1 fully saturated rings. The van der Waals surface area contributed by atoms with Gasteiger partial charge in [-0.05, 0) is 31.9 Å². The fraction of sp³-hybridized carbons (Fsp3) is 0.444. The van der Waals surface area contributed by atoms with Crippen LogP contribution in [-0.4, -0.2) is 29.6 Å². The predicted molar refractivity (Wildman–Crippen MR) is 86.8 cm³/mol. The summed E-state index contributed by atoms with van der Waals surface area (Å²) in [5.41, 5.74) is 0.368. The summed E-state index contributed by atoms with van der Waals surface area (Å²) in [7, 11) is 0. The van der Waals surface area contributed by atoms with Gasteiger partial charge in [-0.2, -0.15) is 0 Å². The molecular formula is C18H21FN2O3. The van der Waals surface area contributed by atoms with E-state index in [-0.39, 0.29) is 30.3 Å². The van der Waals surface area contributed by atoms with Crippen LogP contribution in [0.25, 0.3) is 11.3 Å². The van der Waals surface area contributed by atoms with Gasteiger partial charge in [-0.1, -0.05) is 12.1 Å². The lowest BCUT2D eigenvalue weighted by molar-refractivity contribution is -0.122. The van der Waals surface area contributed by atoms with E-state index in [9.17, 15) is 9.18 Å². The summed E-state index contributed by atoms with van der Waals surface area (Å²) >= 11 is 0. The van der Waals surface area contributed by atoms with E-state index >= 15 is 0 Å². The fourth-order valence-corrected chi connectivity index (χ4v) is 2.85.